The van der Waals surface area contributed by atoms with Crippen LogP contribution in [0.5, 0.6) is 0 Å². The van der Waals surface area contributed by atoms with Crippen LogP contribution in [0, 0.1) is 0 Å². The maximum absolute atomic E-state index is 12.2. The molecule has 0 amide bonds. The number of benzene rings is 1. The average Bonchev–Trinajstić information content (AvgIpc) is 2.47. The smallest absolute Gasteiger partial charge is 0.242 e. The summed E-state index contributed by atoms with van der Waals surface area (Å²) in [6.45, 7) is 0.681. The third kappa shape index (κ3) is 3.93. The van der Waals surface area contributed by atoms with Crippen molar-refractivity contribution in [1.82, 2.24) is 4.72 Å². The van der Waals surface area contributed by atoms with Gasteiger partial charge in [0.1, 0.15) is 4.90 Å². The van der Waals surface area contributed by atoms with Gasteiger partial charge in [0.2, 0.25) is 10.0 Å². The van der Waals surface area contributed by atoms with Crippen LogP contribution in [0.25, 0.3) is 0 Å². The van der Waals surface area contributed by atoms with Gasteiger partial charge in [-0.25, -0.2) is 13.1 Å². The highest BCUT2D eigenvalue weighted by Crippen LogP contribution is 2.23. The van der Waals surface area contributed by atoms with Crippen molar-refractivity contribution in [3.8, 4) is 0 Å². The first-order valence-electron chi connectivity index (χ1n) is 6.53. The second-order valence-electron chi connectivity index (χ2n) is 4.76. The second-order valence-corrected chi connectivity index (χ2v) is 6.91. The lowest BCUT2D eigenvalue weighted by atomic mass is 10.1. The number of nitrogens with one attached hydrogen (secondary N) is 1. The normalized spacial score (nSPS) is 20.0. The Labute approximate surface area is 124 Å². The van der Waals surface area contributed by atoms with Crippen molar-refractivity contribution in [2.45, 2.75) is 36.9 Å². The summed E-state index contributed by atoms with van der Waals surface area (Å²) >= 11 is 5.93. The van der Waals surface area contributed by atoms with Crippen LogP contribution in [0.2, 0.25) is 5.02 Å². The molecule has 0 saturated carbocycles. The Morgan fingerprint density at radius 3 is 2.85 bits per heavy atom. The van der Waals surface area contributed by atoms with Gasteiger partial charge in [0.05, 0.1) is 17.7 Å². The van der Waals surface area contributed by atoms with E-state index in [-0.39, 0.29) is 29.2 Å². The number of aliphatic hydroxyl groups excluding tert-OH is 1. The number of hydrogen-bond donors (Lipinski definition) is 2. The predicted octanol–water partition coefficient (Wildman–Crippen LogP) is 1.68. The third-order valence-corrected chi connectivity index (χ3v) is 5.15. The lowest BCUT2D eigenvalue weighted by Gasteiger charge is -2.22. The summed E-state index contributed by atoms with van der Waals surface area (Å²) in [4.78, 5) is -0.0125. The topological polar surface area (TPSA) is 75.6 Å². The van der Waals surface area contributed by atoms with E-state index < -0.39 is 10.0 Å². The highest BCUT2D eigenvalue weighted by Gasteiger charge is 2.21. The molecule has 0 radical (unpaired) electrons. The second kappa shape index (κ2) is 6.87. The zero-order valence-electron chi connectivity index (χ0n) is 11.0. The summed E-state index contributed by atoms with van der Waals surface area (Å²) < 4.78 is 32.5. The maximum atomic E-state index is 12.2. The molecule has 20 heavy (non-hydrogen) atoms. The van der Waals surface area contributed by atoms with E-state index in [1.165, 1.54) is 12.1 Å². The third-order valence-electron chi connectivity index (χ3n) is 3.24. The Bertz CT molecular complexity index is 555. The summed E-state index contributed by atoms with van der Waals surface area (Å²) in [6, 6.07) is 4.44. The van der Waals surface area contributed by atoms with E-state index in [1.54, 1.807) is 6.07 Å². The highest BCUT2D eigenvalue weighted by atomic mass is 35.5. The Kier molecular flexibility index (Phi) is 5.40. The first-order valence-corrected chi connectivity index (χ1v) is 8.39. The van der Waals surface area contributed by atoms with Crippen molar-refractivity contribution in [3.05, 3.63) is 28.8 Å². The summed E-state index contributed by atoms with van der Waals surface area (Å²) in [5.74, 6) is 0. The molecule has 1 atom stereocenters. The monoisotopic (exact) mass is 319 g/mol. The first-order chi connectivity index (χ1) is 9.53. The van der Waals surface area contributed by atoms with Crippen LogP contribution < -0.4 is 4.72 Å². The van der Waals surface area contributed by atoms with E-state index in [0.29, 0.717) is 12.2 Å². The van der Waals surface area contributed by atoms with Gasteiger partial charge >= 0.3 is 0 Å². The molecule has 0 aromatic heterocycles. The quantitative estimate of drug-likeness (QED) is 0.866. The van der Waals surface area contributed by atoms with Crippen LogP contribution in [-0.2, 0) is 21.4 Å². The Morgan fingerprint density at radius 1 is 1.40 bits per heavy atom. The van der Waals surface area contributed by atoms with Gasteiger partial charge in [0.25, 0.3) is 0 Å². The van der Waals surface area contributed by atoms with E-state index in [0.717, 1.165) is 19.3 Å². The Balaban J connectivity index is 2.09. The van der Waals surface area contributed by atoms with Gasteiger partial charge in [-0.3, -0.25) is 0 Å². The lowest BCUT2D eigenvalue weighted by molar-refractivity contribution is 0.0200. The molecule has 2 rings (SSSR count). The lowest BCUT2D eigenvalue weighted by Crippen LogP contribution is -2.35. The number of hydrogen-bond acceptors (Lipinski definition) is 4. The molecule has 2 N–H and O–H groups in total. The van der Waals surface area contributed by atoms with Gasteiger partial charge in [0.15, 0.2) is 0 Å². The largest absolute Gasteiger partial charge is 0.392 e. The SMILES string of the molecule is O=S(=O)(NCC1CCCCO1)c1cc(CO)ccc1Cl. The van der Waals surface area contributed by atoms with Gasteiger partial charge in [-0.05, 0) is 37.0 Å². The van der Waals surface area contributed by atoms with Gasteiger partial charge in [-0.1, -0.05) is 17.7 Å². The van der Waals surface area contributed by atoms with Crippen molar-refractivity contribution in [3.63, 3.8) is 0 Å². The van der Waals surface area contributed by atoms with Crippen LogP contribution in [0.4, 0.5) is 0 Å². The summed E-state index contributed by atoms with van der Waals surface area (Å²) in [5.41, 5.74) is 0.503. The fourth-order valence-electron chi connectivity index (χ4n) is 2.10. The van der Waals surface area contributed by atoms with Crippen molar-refractivity contribution in [2.75, 3.05) is 13.2 Å². The van der Waals surface area contributed by atoms with Crippen molar-refractivity contribution < 1.29 is 18.3 Å². The Morgan fingerprint density at radius 2 is 2.20 bits per heavy atom. The molecule has 1 aromatic carbocycles. The van der Waals surface area contributed by atoms with E-state index in [9.17, 15) is 8.42 Å². The maximum Gasteiger partial charge on any atom is 0.242 e. The molecule has 0 spiro atoms. The minimum Gasteiger partial charge on any atom is -0.392 e. The molecule has 0 aliphatic carbocycles. The van der Waals surface area contributed by atoms with Crippen LogP contribution >= 0.6 is 11.6 Å². The molecule has 1 aromatic rings. The average molecular weight is 320 g/mol. The van der Waals surface area contributed by atoms with Crippen molar-refractivity contribution in [2.24, 2.45) is 0 Å². The molecular formula is C13H18ClNO4S. The molecule has 0 bridgehead atoms. The molecule has 5 nitrogen and oxygen atoms in total. The molecule has 1 saturated heterocycles. The van der Waals surface area contributed by atoms with E-state index in [4.69, 9.17) is 21.4 Å². The number of aliphatic hydroxyl groups is 1. The minimum absolute atomic E-state index is 0.0125. The standard InChI is InChI=1S/C13H18ClNO4S/c14-12-5-4-10(9-16)7-13(12)20(17,18)15-8-11-3-1-2-6-19-11/h4-5,7,11,15-16H,1-3,6,8-9H2. The molecule has 1 fully saturated rings. The van der Waals surface area contributed by atoms with Crippen LogP contribution in [0.15, 0.2) is 23.1 Å². The van der Waals surface area contributed by atoms with Crippen LogP contribution in [0.1, 0.15) is 24.8 Å². The minimum atomic E-state index is -3.70. The van der Waals surface area contributed by atoms with Crippen molar-refractivity contribution >= 4 is 21.6 Å². The molecule has 112 valence electrons. The fourth-order valence-corrected chi connectivity index (χ4v) is 3.72. The summed E-state index contributed by atoms with van der Waals surface area (Å²) in [7, 11) is -3.70. The van der Waals surface area contributed by atoms with Crippen LogP contribution in [-0.4, -0.2) is 32.8 Å². The van der Waals surface area contributed by atoms with Crippen LogP contribution in [0.3, 0.4) is 0 Å². The summed E-state index contributed by atoms with van der Waals surface area (Å²) in [5, 5.41) is 9.21. The molecular weight excluding hydrogens is 302 g/mol. The highest BCUT2D eigenvalue weighted by molar-refractivity contribution is 7.89. The number of rotatable bonds is 5. The molecule has 7 heteroatoms. The van der Waals surface area contributed by atoms with E-state index in [1.807, 2.05) is 0 Å². The Hall–Kier alpha value is -0.660. The van der Waals surface area contributed by atoms with Gasteiger partial charge in [-0.15, -0.1) is 0 Å². The van der Waals surface area contributed by atoms with E-state index >= 15 is 0 Å². The first kappa shape index (κ1) is 15.7. The number of sulfonamides is 1. The van der Waals surface area contributed by atoms with Crippen molar-refractivity contribution in [1.29, 1.82) is 0 Å². The summed E-state index contributed by atoms with van der Waals surface area (Å²) in [6.07, 6.45) is 2.84. The van der Waals surface area contributed by atoms with Gasteiger partial charge < -0.3 is 9.84 Å². The molecule has 1 aliphatic rings. The fraction of sp³-hybridized carbons (Fsp3) is 0.538. The molecule has 1 unspecified atom stereocenters. The molecule has 1 heterocycles. The van der Waals surface area contributed by atoms with Gasteiger partial charge in [-0.2, -0.15) is 0 Å². The van der Waals surface area contributed by atoms with Gasteiger partial charge in [0, 0.05) is 13.2 Å². The zero-order valence-corrected chi connectivity index (χ0v) is 12.6. The number of halogens is 1. The van der Waals surface area contributed by atoms with E-state index in [2.05, 4.69) is 4.72 Å². The molecule has 1 aliphatic heterocycles. The predicted molar refractivity (Wildman–Crippen MR) is 76.2 cm³/mol. The zero-order chi connectivity index (χ0) is 14.6. The number of ether oxygens (including phenoxy) is 1.